The number of aromatic nitrogens is 2. The van der Waals surface area contributed by atoms with E-state index in [9.17, 15) is 4.79 Å². The molecule has 0 fully saturated rings. The number of benzene rings is 1. The number of carbonyl (C=O) groups excluding carboxylic acids is 1. The molecule has 0 radical (unpaired) electrons. The van der Waals surface area contributed by atoms with Gasteiger partial charge in [-0.1, -0.05) is 36.4 Å². The topological polar surface area (TPSA) is 59.2 Å². The Morgan fingerprint density at radius 3 is 2.65 bits per heavy atom. The second-order valence-electron chi connectivity index (χ2n) is 6.38. The Labute approximate surface area is 153 Å². The third-order valence-corrected chi connectivity index (χ3v) is 4.11. The van der Waals surface area contributed by atoms with Gasteiger partial charge < -0.3 is 4.42 Å². The Balaban J connectivity index is 1.43. The predicted molar refractivity (Wildman–Crippen MR) is 101 cm³/mol. The van der Waals surface area contributed by atoms with Crippen LogP contribution < -0.4 is 0 Å². The van der Waals surface area contributed by atoms with E-state index in [-0.39, 0.29) is 12.2 Å². The normalized spacial score (nSPS) is 11.0. The summed E-state index contributed by atoms with van der Waals surface area (Å²) in [5.74, 6) is 1.12. The van der Waals surface area contributed by atoms with Crippen LogP contribution in [-0.2, 0) is 17.6 Å². The van der Waals surface area contributed by atoms with Crippen molar-refractivity contribution in [2.24, 2.45) is 0 Å². The third-order valence-electron chi connectivity index (χ3n) is 4.11. The largest absolute Gasteiger partial charge is 0.439 e. The number of hydrogen-bond donors (Lipinski definition) is 0. The molecule has 0 amide bonds. The molecule has 0 N–H and O–H groups in total. The minimum atomic E-state index is 0.0987. The molecule has 0 bridgehead atoms. The summed E-state index contributed by atoms with van der Waals surface area (Å²) in [5, 5.41) is 0. The van der Waals surface area contributed by atoms with Gasteiger partial charge in [0, 0.05) is 6.20 Å². The van der Waals surface area contributed by atoms with Crippen LogP contribution in [0.1, 0.15) is 17.9 Å². The second kappa shape index (κ2) is 9.06. The maximum absolute atomic E-state index is 12.2. The first-order valence-corrected chi connectivity index (χ1v) is 8.81. The number of hydrogen-bond acceptors (Lipinski definition) is 5. The van der Waals surface area contributed by atoms with Gasteiger partial charge in [0.15, 0.2) is 11.5 Å². The van der Waals surface area contributed by atoms with Crippen LogP contribution in [0, 0.1) is 0 Å². The summed E-state index contributed by atoms with van der Waals surface area (Å²) >= 11 is 0. The van der Waals surface area contributed by atoms with Gasteiger partial charge in [-0.05, 0) is 44.1 Å². The number of nitrogens with zero attached hydrogens (tertiary/aromatic N) is 3. The van der Waals surface area contributed by atoms with Crippen LogP contribution in [0.5, 0.6) is 0 Å². The summed E-state index contributed by atoms with van der Waals surface area (Å²) in [6, 6.07) is 16.0. The van der Waals surface area contributed by atoms with Gasteiger partial charge in [-0.15, -0.1) is 0 Å². The Morgan fingerprint density at radius 1 is 1.08 bits per heavy atom. The lowest BCUT2D eigenvalue weighted by atomic mass is 10.1. The molecule has 0 spiro atoms. The van der Waals surface area contributed by atoms with Crippen molar-refractivity contribution in [2.45, 2.75) is 19.3 Å². The molecule has 26 heavy (non-hydrogen) atoms. The number of rotatable bonds is 9. The van der Waals surface area contributed by atoms with Crippen molar-refractivity contribution in [3.05, 3.63) is 72.4 Å². The molecule has 0 saturated heterocycles. The first-order valence-electron chi connectivity index (χ1n) is 8.81. The first kappa shape index (κ1) is 18.0. The summed E-state index contributed by atoms with van der Waals surface area (Å²) in [7, 11) is 1.97. The van der Waals surface area contributed by atoms with Gasteiger partial charge in [-0.2, -0.15) is 0 Å². The molecule has 2 aromatic heterocycles. The molecule has 0 saturated carbocycles. The molecule has 0 aliphatic carbocycles. The summed E-state index contributed by atoms with van der Waals surface area (Å²) in [4.78, 5) is 22.7. The van der Waals surface area contributed by atoms with Gasteiger partial charge in [0.25, 0.3) is 0 Å². The van der Waals surface area contributed by atoms with Gasteiger partial charge in [0.05, 0.1) is 19.2 Å². The van der Waals surface area contributed by atoms with E-state index in [0.717, 1.165) is 25.1 Å². The van der Waals surface area contributed by atoms with E-state index in [4.69, 9.17) is 4.42 Å². The zero-order valence-corrected chi connectivity index (χ0v) is 15.0. The SMILES string of the molecule is CN(CCCc1ccccc1)CC(=O)Cc1ncc(-c2ccccn2)o1. The van der Waals surface area contributed by atoms with Crippen molar-refractivity contribution in [1.82, 2.24) is 14.9 Å². The number of pyridine rings is 1. The Bertz CT molecular complexity index is 816. The Hall–Kier alpha value is -2.79. The van der Waals surface area contributed by atoms with Gasteiger partial charge in [0.1, 0.15) is 5.69 Å². The molecule has 3 aromatic rings. The number of ketones is 1. The molecule has 2 heterocycles. The lowest BCUT2D eigenvalue weighted by Crippen LogP contribution is -2.28. The van der Waals surface area contributed by atoms with Gasteiger partial charge >= 0.3 is 0 Å². The first-order chi connectivity index (χ1) is 12.7. The molecule has 5 nitrogen and oxygen atoms in total. The fourth-order valence-corrected chi connectivity index (χ4v) is 2.82. The smallest absolute Gasteiger partial charge is 0.202 e. The second-order valence-corrected chi connectivity index (χ2v) is 6.38. The van der Waals surface area contributed by atoms with E-state index in [1.807, 2.05) is 36.2 Å². The zero-order valence-electron chi connectivity index (χ0n) is 15.0. The lowest BCUT2D eigenvalue weighted by Gasteiger charge is -2.15. The van der Waals surface area contributed by atoms with Crippen LogP contribution >= 0.6 is 0 Å². The molecule has 0 aliphatic heterocycles. The maximum atomic E-state index is 12.2. The average Bonchev–Trinajstić information content (AvgIpc) is 3.11. The maximum Gasteiger partial charge on any atom is 0.202 e. The van der Waals surface area contributed by atoms with E-state index < -0.39 is 0 Å². The fraction of sp³-hybridized carbons (Fsp3) is 0.286. The molecule has 5 heteroatoms. The predicted octanol–water partition coefficient (Wildman–Crippen LogP) is 3.41. The standard InChI is InChI=1S/C21H23N3O2/c1-24(13-7-10-17-8-3-2-4-9-17)16-18(25)14-21-23-15-20(26-21)19-11-5-6-12-22-19/h2-6,8-9,11-12,15H,7,10,13-14,16H2,1H3. The molecule has 0 aliphatic rings. The minimum absolute atomic E-state index is 0.0987. The van der Waals surface area contributed by atoms with E-state index in [1.54, 1.807) is 12.4 Å². The van der Waals surface area contributed by atoms with Gasteiger partial charge in [-0.3, -0.25) is 14.7 Å². The fourth-order valence-electron chi connectivity index (χ4n) is 2.82. The van der Waals surface area contributed by atoms with Crippen molar-refractivity contribution in [2.75, 3.05) is 20.1 Å². The van der Waals surface area contributed by atoms with Crippen molar-refractivity contribution < 1.29 is 9.21 Å². The number of oxazole rings is 1. The highest BCUT2D eigenvalue weighted by Crippen LogP contribution is 2.17. The molecule has 3 rings (SSSR count). The van der Waals surface area contributed by atoms with Crippen LogP contribution in [0.3, 0.4) is 0 Å². The highest BCUT2D eigenvalue weighted by molar-refractivity contribution is 5.82. The molecule has 0 unspecified atom stereocenters. The van der Waals surface area contributed by atoms with E-state index in [2.05, 4.69) is 34.2 Å². The molecule has 134 valence electrons. The highest BCUT2D eigenvalue weighted by atomic mass is 16.4. The molecular formula is C21H23N3O2. The number of Topliss-reactive ketones (excluding diaryl/α,β-unsaturated/α-hetero) is 1. The Morgan fingerprint density at radius 2 is 1.88 bits per heavy atom. The monoisotopic (exact) mass is 349 g/mol. The summed E-state index contributed by atoms with van der Waals surface area (Å²) in [5.41, 5.74) is 2.05. The van der Waals surface area contributed by atoms with Gasteiger partial charge in [-0.25, -0.2) is 4.98 Å². The zero-order chi connectivity index (χ0) is 18.2. The van der Waals surface area contributed by atoms with Crippen molar-refractivity contribution >= 4 is 5.78 Å². The third kappa shape index (κ3) is 5.36. The summed E-state index contributed by atoms with van der Waals surface area (Å²) < 4.78 is 5.65. The van der Waals surface area contributed by atoms with Crippen molar-refractivity contribution in [3.8, 4) is 11.5 Å². The van der Waals surface area contributed by atoms with Crippen LogP contribution in [0.2, 0.25) is 0 Å². The van der Waals surface area contributed by atoms with E-state index in [0.29, 0.717) is 18.2 Å². The average molecular weight is 349 g/mol. The molecular weight excluding hydrogens is 326 g/mol. The van der Waals surface area contributed by atoms with Crippen molar-refractivity contribution in [3.63, 3.8) is 0 Å². The Kier molecular flexibility index (Phi) is 6.28. The molecule has 0 atom stereocenters. The summed E-state index contributed by atoms with van der Waals surface area (Å²) in [6.45, 7) is 1.28. The summed E-state index contributed by atoms with van der Waals surface area (Å²) in [6.07, 6.45) is 5.57. The van der Waals surface area contributed by atoms with Crippen LogP contribution in [0.15, 0.2) is 65.3 Å². The van der Waals surface area contributed by atoms with E-state index in [1.165, 1.54) is 5.56 Å². The number of aryl methyl sites for hydroxylation is 1. The van der Waals surface area contributed by atoms with Crippen molar-refractivity contribution in [1.29, 1.82) is 0 Å². The van der Waals surface area contributed by atoms with Gasteiger partial charge in [0.2, 0.25) is 5.89 Å². The van der Waals surface area contributed by atoms with Crippen LogP contribution in [-0.4, -0.2) is 40.8 Å². The molecule has 1 aromatic carbocycles. The highest BCUT2D eigenvalue weighted by Gasteiger charge is 2.13. The number of carbonyl (C=O) groups is 1. The minimum Gasteiger partial charge on any atom is -0.439 e. The van der Waals surface area contributed by atoms with Crippen LogP contribution in [0.4, 0.5) is 0 Å². The lowest BCUT2D eigenvalue weighted by molar-refractivity contribution is -0.119. The van der Waals surface area contributed by atoms with E-state index >= 15 is 0 Å². The van der Waals surface area contributed by atoms with Crippen LogP contribution in [0.25, 0.3) is 11.5 Å². The number of likely N-dealkylation sites (N-methyl/N-ethyl adjacent to an activating group) is 1. The quantitative estimate of drug-likeness (QED) is 0.592.